The molecule has 0 spiro atoms. The van der Waals surface area contributed by atoms with Gasteiger partial charge in [-0.15, -0.1) is 0 Å². The van der Waals surface area contributed by atoms with Crippen molar-refractivity contribution in [3.05, 3.63) is 101 Å². The van der Waals surface area contributed by atoms with Crippen LogP contribution < -0.4 is 4.90 Å². The number of aryl methyl sites for hydroxylation is 3. The van der Waals surface area contributed by atoms with Gasteiger partial charge in [0, 0.05) is 25.3 Å². The lowest BCUT2D eigenvalue weighted by Gasteiger charge is -2.33. The molecule has 1 fully saturated rings. The molecule has 1 N–H and O–H groups in total. The van der Waals surface area contributed by atoms with Gasteiger partial charge in [0.15, 0.2) is 0 Å². The quantitative estimate of drug-likeness (QED) is 0.560. The monoisotopic (exact) mass is 442 g/mol. The summed E-state index contributed by atoms with van der Waals surface area (Å²) in [6, 6.07) is 24.3. The molecule has 0 aliphatic carbocycles. The second-order valence-electron chi connectivity index (χ2n) is 9.24. The average Bonchev–Trinajstić information content (AvgIpc) is 3.24. The van der Waals surface area contributed by atoms with Crippen LogP contribution in [0, 0.1) is 20.8 Å². The van der Waals surface area contributed by atoms with Gasteiger partial charge in [-0.2, -0.15) is 0 Å². The van der Waals surface area contributed by atoms with Crippen LogP contribution in [0.4, 0.5) is 5.69 Å². The number of nitrogens with zero attached hydrogens (tertiary/aromatic N) is 2. The van der Waals surface area contributed by atoms with Crippen LogP contribution in [0.5, 0.6) is 0 Å². The first-order valence-corrected chi connectivity index (χ1v) is 11.8. The summed E-state index contributed by atoms with van der Waals surface area (Å²) in [5, 5.41) is 10.2. The maximum absolute atomic E-state index is 14.2. The van der Waals surface area contributed by atoms with Crippen molar-refractivity contribution in [3.63, 3.8) is 0 Å². The molecule has 2 atom stereocenters. The average molecular weight is 443 g/mol. The summed E-state index contributed by atoms with van der Waals surface area (Å²) >= 11 is 0. The molecule has 0 aromatic heterocycles. The van der Waals surface area contributed by atoms with E-state index in [4.69, 9.17) is 0 Å². The second-order valence-corrected chi connectivity index (χ2v) is 9.24. The fourth-order valence-corrected chi connectivity index (χ4v) is 4.55. The highest BCUT2D eigenvalue weighted by Gasteiger charge is 2.35. The zero-order chi connectivity index (χ0) is 23.4. The molecule has 3 aromatic rings. The molecule has 1 unspecified atom stereocenters. The number of aliphatic hydroxyl groups is 1. The number of hydrogen-bond donors (Lipinski definition) is 1. The number of carbonyl (C=O) groups is 1. The van der Waals surface area contributed by atoms with Crippen molar-refractivity contribution in [2.45, 2.75) is 45.8 Å². The zero-order valence-electron chi connectivity index (χ0n) is 19.9. The van der Waals surface area contributed by atoms with E-state index in [0.717, 1.165) is 17.7 Å². The molecule has 1 aliphatic heterocycles. The van der Waals surface area contributed by atoms with Gasteiger partial charge in [0.2, 0.25) is 5.91 Å². The zero-order valence-corrected chi connectivity index (χ0v) is 19.9. The lowest BCUT2D eigenvalue weighted by molar-refractivity contribution is -0.123. The number of anilines is 1. The van der Waals surface area contributed by atoms with Gasteiger partial charge in [0.05, 0.1) is 6.10 Å². The maximum Gasteiger partial charge on any atom is 0.248 e. The Labute approximate surface area is 197 Å². The molecular weight excluding hydrogens is 408 g/mol. The lowest BCUT2D eigenvalue weighted by atomic mass is 10.0. The lowest BCUT2D eigenvalue weighted by Crippen LogP contribution is -2.43. The minimum absolute atomic E-state index is 0.0608. The van der Waals surface area contributed by atoms with Crippen molar-refractivity contribution in [2.24, 2.45) is 0 Å². The van der Waals surface area contributed by atoms with Crippen molar-refractivity contribution < 1.29 is 9.90 Å². The topological polar surface area (TPSA) is 43.8 Å². The summed E-state index contributed by atoms with van der Waals surface area (Å²) < 4.78 is 0. The molecule has 3 aromatic carbocycles. The second kappa shape index (κ2) is 10.3. The maximum atomic E-state index is 14.2. The Morgan fingerprint density at radius 1 is 1.00 bits per heavy atom. The third kappa shape index (κ3) is 5.52. The molecule has 33 heavy (non-hydrogen) atoms. The van der Waals surface area contributed by atoms with Crippen LogP contribution in [0.15, 0.2) is 72.8 Å². The minimum Gasteiger partial charge on any atom is -0.392 e. The van der Waals surface area contributed by atoms with Gasteiger partial charge in [-0.05, 0) is 68.0 Å². The Balaban J connectivity index is 1.68. The number of amides is 1. The van der Waals surface area contributed by atoms with Crippen molar-refractivity contribution in [1.29, 1.82) is 0 Å². The fourth-order valence-electron chi connectivity index (χ4n) is 4.55. The summed E-state index contributed by atoms with van der Waals surface area (Å²) in [4.78, 5) is 18.3. The van der Waals surface area contributed by atoms with E-state index in [1.807, 2.05) is 35.2 Å². The van der Waals surface area contributed by atoms with Crippen LogP contribution in [0.2, 0.25) is 0 Å². The molecule has 1 heterocycles. The molecule has 0 saturated carbocycles. The number of aliphatic hydroxyl groups excluding tert-OH is 1. The first-order valence-electron chi connectivity index (χ1n) is 11.8. The molecule has 4 heteroatoms. The van der Waals surface area contributed by atoms with E-state index in [1.165, 1.54) is 22.3 Å². The Hall–Kier alpha value is -2.95. The summed E-state index contributed by atoms with van der Waals surface area (Å²) in [5.41, 5.74) is 6.74. The van der Waals surface area contributed by atoms with Crippen LogP contribution in [-0.4, -0.2) is 41.7 Å². The van der Waals surface area contributed by atoms with Crippen LogP contribution in [-0.2, 0) is 11.2 Å². The van der Waals surface area contributed by atoms with Gasteiger partial charge in [-0.1, -0.05) is 66.2 Å². The minimum atomic E-state index is -0.414. The Bertz CT molecular complexity index is 1080. The van der Waals surface area contributed by atoms with E-state index in [1.54, 1.807) is 0 Å². The number of benzene rings is 3. The highest BCUT2D eigenvalue weighted by molar-refractivity contribution is 5.98. The number of β-amino-alcohol motifs (C(OH)–C–C–N with tert-alkyl or cyclic N) is 1. The molecule has 0 bridgehead atoms. The van der Waals surface area contributed by atoms with Gasteiger partial charge in [-0.25, -0.2) is 0 Å². The Kier molecular flexibility index (Phi) is 7.26. The first kappa shape index (κ1) is 23.2. The predicted molar refractivity (Wildman–Crippen MR) is 135 cm³/mol. The number of hydrogen-bond acceptors (Lipinski definition) is 3. The van der Waals surface area contributed by atoms with Crippen LogP contribution in [0.3, 0.4) is 0 Å². The van der Waals surface area contributed by atoms with Crippen molar-refractivity contribution in [2.75, 3.05) is 24.5 Å². The van der Waals surface area contributed by atoms with Gasteiger partial charge in [-0.3, -0.25) is 9.69 Å². The third-order valence-corrected chi connectivity index (χ3v) is 6.72. The largest absolute Gasteiger partial charge is 0.392 e. The Morgan fingerprint density at radius 3 is 2.36 bits per heavy atom. The normalized spacial score (nSPS) is 17.2. The van der Waals surface area contributed by atoms with Gasteiger partial charge >= 0.3 is 0 Å². The van der Waals surface area contributed by atoms with E-state index in [9.17, 15) is 9.90 Å². The fraction of sp³-hybridized carbons (Fsp3) is 0.345. The predicted octanol–water partition coefficient (Wildman–Crippen LogP) is 5.00. The molecule has 4 rings (SSSR count). The smallest absolute Gasteiger partial charge is 0.248 e. The van der Waals surface area contributed by atoms with E-state index >= 15 is 0 Å². The highest BCUT2D eigenvalue weighted by Crippen LogP contribution is 2.30. The number of carbonyl (C=O) groups excluding carboxylic acids is 1. The molecular formula is C29H34N2O2. The molecule has 0 radical (unpaired) electrons. The van der Waals surface area contributed by atoms with E-state index in [2.05, 4.69) is 68.1 Å². The van der Waals surface area contributed by atoms with Gasteiger partial charge < -0.3 is 10.0 Å². The summed E-state index contributed by atoms with van der Waals surface area (Å²) in [5.74, 6) is 0.0608. The van der Waals surface area contributed by atoms with Crippen LogP contribution in [0.1, 0.15) is 40.3 Å². The summed E-state index contributed by atoms with van der Waals surface area (Å²) in [6.07, 6.45) is 1.10. The standard InChI is InChI=1S/C29H34N2O2/c1-21-9-12-24(13-10-21)15-18-31(26-14-11-22(2)23(3)19-26)29(33)28(25-7-5-4-6-8-25)30-17-16-27(32)20-30/h4-14,19,27-28,32H,15-18,20H2,1-3H3/t27-,28?/m0/s1. The van der Waals surface area contributed by atoms with Crippen molar-refractivity contribution in [3.8, 4) is 0 Å². The number of rotatable bonds is 7. The number of likely N-dealkylation sites (tertiary alicyclic amines) is 1. The first-order chi connectivity index (χ1) is 15.9. The third-order valence-electron chi connectivity index (χ3n) is 6.72. The van der Waals surface area contributed by atoms with Crippen LogP contribution >= 0.6 is 0 Å². The molecule has 1 saturated heterocycles. The molecule has 172 valence electrons. The van der Waals surface area contributed by atoms with Crippen LogP contribution in [0.25, 0.3) is 0 Å². The SMILES string of the molecule is Cc1ccc(CCN(C(=O)C(c2ccccc2)N2CC[C@H](O)C2)c2ccc(C)c(C)c2)cc1. The molecule has 4 nitrogen and oxygen atoms in total. The van der Waals surface area contributed by atoms with E-state index in [0.29, 0.717) is 26.1 Å². The van der Waals surface area contributed by atoms with Crippen molar-refractivity contribution >= 4 is 11.6 Å². The summed E-state index contributed by atoms with van der Waals surface area (Å²) in [6.45, 7) is 8.10. The van der Waals surface area contributed by atoms with E-state index < -0.39 is 6.04 Å². The highest BCUT2D eigenvalue weighted by atomic mass is 16.3. The summed E-state index contributed by atoms with van der Waals surface area (Å²) in [7, 11) is 0. The van der Waals surface area contributed by atoms with Crippen molar-refractivity contribution in [1.82, 2.24) is 4.90 Å². The molecule has 1 amide bonds. The van der Waals surface area contributed by atoms with Gasteiger partial charge in [0.1, 0.15) is 6.04 Å². The van der Waals surface area contributed by atoms with E-state index in [-0.39, 0.29) is 12.0 Å². The molecule has 1 aliphatic rings. The Morgan fingerprint density at radius 2 is 1.73 bits per heavy atom. The van der Waals surface area contributed by atoms with Gasteiger partial charge in [0.25, 0.3) is 0 Å².